The molecule has 0 unspecified atom stereocenters. The molecule has 1 nitrogen and oxygen atoms in total. The highest BCUT2D eigenvalue weighted by Gasteiger charge is 2.56. The van der Waals surface area contributed by atoms with Gasteiger partial charge >= 0.3 is 0 Å². The highest BCUT2D eigenvalue weighted by Crippen LogP contribution is 2.59. The van der Waals surface area contributed by atoms with Crippen molar-refractivity contribution < 1.29 is 0 Å². The zero-order valence-corrected chi connectivity index (χ0v) is 14.5. The average Bonchev–Trinajstić information content (AvgIpc) is 2.47. The van der Waals surface area contributed by atoms with Crippen molar-refractivity contribution in [1.82, 2.24) is 5.32 Å². The van der Waals surface area contributed by atoms with E-state index >= 15 is 0 Å². The maximum atomic E-state index is 4.17. The molecule has 0 aromatic rings. The van der Waals surface area contributed by atoms with Gasteiger partial charge in [0.2, 0.25) is 0 Å². The topological polar surface area (TPSA) is 12.0 Å². The summed E-state index contributed by atoms with van der Waals surface area (Å²) < 4.78 is 0. The number of unbranched alkanes of at least 4 members (excludes halogenated alkanes) is 4. The van der Waals surface area contributed by atoms with Gasteiger partial charge in [-0.1, -0.05) is 46.0 Å². The van der Waals surface area contributed by atoms with E-state index in [1.165, 1.54) is 51.5 Å². The molecule has 0 spiro atoms. The summed E-state index contributed by atoms with van der Waals surface area (Å²) in [6.45, 7) is 5.94. The van der Waals surface area contributed by atoms with Crippen molar-refractivity contribution in [3.8, 4) is 0 Å². The van der Waals surface area contributed by atoms with E-state index in [9.17, 15) is 0 Å². The van der Waals surface area contributed by atoms with E-state index in [1.807, 2.05) is 0 Å². The Kier molecular flexibility index (Phi) is 5.30. The van der Waals surface area contributed by atoms with E-state index in [0.29, 0.717) is 5.54 Å². The Balaban J connectivity index is 1.66. The number of rotatable bonds is 9. The van der Waals surface area contributed by atoms with Crippen molar-refractivity contribution in [3.05, 3.63) is 0 Å². The number of nitrogens with one attached hydrogen (secondary N) is 1. The molecule has 0 saturated heterocycles. The number of hydrogen-bond acceptors (Lipinski definition) is 1. The molecule has 1 N–H and O–H groups in total. The lowest BCUT2D eigenvalue weighted by atomic mass is 9.47. The van der Waals surface area contributed by atoms with E-state index in [1.54, 1.807) is 32.1 Å². The smallest absolute Gasteiger partial charge is 0.0238 e. The molecular weight excluding hydrogens is 254 g/mol. The standard InChI is InChI=1S/C20H37N/c1-3-5-7-9-20(21-10-8-6-4-2)18-12-16-11-17(14-18)15-19(20)13-16/h16-19,21H,3-15H2,1-2H3. The van der Waals surface area contributed by atoms with Crippen molar-refractivity contribution in [2.45, 2.75) is 96.4 Å². The van der Waals surface area contributed by atoms with Crippen LogP contribution in [-0.4, -0.2) is 12.1 Å². The molecule has 4 rings (SSSR count). The third-order valence-electron chi connectivity index (χ3n) is 7.02. The lowest BCUT2D eigenvalue weighted by molar-refractivity contribution is -0.0784. The molecule has 0 radical (unpaired) electrons. The SMILES string of the molecule is CCCCCNC1(CCCCC)C2CC3CC(C2)CC1C3. The first-order chi connectivity index (χ1) is 10.3. The zero-order chi connectivity index (χ0) is 14.7. The summed E-state index contributed by atoms with van der Waals surface area (Å²) in [6, 6.07) is 0. The third-order valence-corrected chi connectivity index (χ3v) is 7.02. The highest BCUT2D eigenvalue weighted by atomic mass is 15.0. The Morgan fingerprint density at radius 2 is 1.33 bits per heavy atom. The quantitative estimate of drug-likeness (QED) is 0.550. The third kappa shape index (κ3) is 3.19. The van der Waals surface area contributed by atoms with E-state index in [2.05, 4.69) is 19.2 Å². The van der Waals surface area contributed by atoms with E-state index in [-0.39, 0.29) is 0 Å². The molecule has 0 aromatic carbocycles. The fraction of sp³-hybridized carbons (Fsp3) is 1.00. The normalized spacial score (nSPS) is 40.9. The summed E-state index contributed by atoms with van der Waals surface area (Å²) in [6.07, 6.45) is 17.7. The molecule has 0 heterocycles. The van der Waals surface area contributed by atoms with Crippen LogP contribution in [0, 0.1) is 23.7 Å². The average molecular weight is 292 g/mol. The minimum Gasteiger partial charge on any atom is -0.311 e. The van der Waals surface area contributed by atoms with Gasteiger partial charge in [-0.25, -0.2) is 0 Å². The van der Waals surface area contributed by atoms with Crippen molar-refractivity contribution in [2.24, 2.45) is 23.7 Å². The van der Waals surface area contributed by atoms with Gasteiger partial charge in [0, 0.05) is 5.54 Å². The molecule has 0 aromatic heterocycles. The Labute approximate surface area is 132 Å². The molecule has 0 atom stereocenters. The van der Waals surface area contributed by atoms with Crippen molar-refractivity contribution >= 4 is 0 Å². The lowest BCUT2D eigenvalue weighted by Gasteiger charge is -2.62. The molecule has 4 fully saturated rings. The van der Waals surface area contributed by atoms with Gasteiger partial charge < -0.3 is 5.32 Å². The fourth-order valence-electron chi connectivity index (χ4n) is 6.17. The van der Waals surface area contributed by atoms with E-state index in [0.717, 1.165) is 23.7 Å². The van der Waals surface area contributed by atoms with Crippen LogP contribution in [0.5, 0.6) is 0 Å². The molecule has 4 saturated carbocycles. The Morgan fingerprint density at radius 1 is 0.762 bits per heavy atom. The first kappa shape index (κ1) is 15.8. The summed E-state index contributed by atoms with van der Waals surface area (Å²) in [7, 11) is 0. The second kappa shape index (κ2) is 7.02. The lowest BCUT2D eigenvalue weighted by Crippen LogP contribution is -2.65. The van der Waals surface area contributed by atoms with Crippen LogP contribution in [0.4, 0.5) is 0 Å². The molecule has 4 aliphatic rings. The molecule has 21 heavy (non-hydrogen) atoms. The van der Waals surface area contributed by atoms with Crippen LogP contribution in [0.15, 0.2) is 0 Å². The van der Waals surface area contributed by atoms with Gasteiger partial charge in [0.1, 0.15) is 0 Å². The second-order valence-electron chi connectivity index (χ2n) is 8.44. The maximum Gasteiger partial charge on any atom is 0.0238 e. The predicted molar refractivity (Wildman–Crippen MR) is 91.4 cm³/mol. The molecule has 4 aliphatic carbocycles. The van der Waals surface area contributed by atoms with Crippen LogP contribution in [0.3, 0.4) is 0 Å². The Hall–Kier alpha value is -0.0400. The monoisotopic (exact) mass is 291 g/mol. The maximum absolute atomic E-state index is 4.17. The summed E-state index contributed by atoms with van der Waals surface area (Å²) in [5, 5.41) is 4.17. The minimum absolute atomic E-state index is 0.552. The number of hydrogen-bond donors (Lipinski definition) is 1. The van der Waals surface area contributed by atoms with Gasteiger partial charge in [-0.3, -0.25) is 0 Å². The minimum atomic E-state index is 0.552. The van der Waals surface area contributed by atoms with Gasteiger partial charge in [-0.05, 0) is 75.2 Å². The van der Waals surface area contributed by atoms with Crippen molar-refractivity contribution in [1.29, 1.82) is 0 Å². The molecular formula is C20H37N. The van der Waals surface area contributed by atoms with Gasteiger partial charge in [0.15, 0.2) is 0 Å². The van der Waals surface area contributed by atoms with Crippen molar-refractivity contribution in [2.75, 3.05) is 6.54 Å². The summed E-state index contributed by atoms with van der Waals surface area (Å²) >= 11 is 0. The second-order valence-corrected chi connectivity index (χ2v) is 8.44. The first-order valence-corrected chi connectivity index (χ1v) is 10.0. The largest absolute Gasteiger partial charge is 0.311 e. The Morgan fingerprint density at radius 3 is 1.90 bits per heavy atom. The van der Waals surface area contributed by atoms with Crippen LogP contribution < -0.4 is 5.32 Å². The fourth-order valence-corrected chi connectivity index (χ4v) is 6.17. The molecule has 4 bridgehead atoms. The molecule has 0 aliphatic heterocycles. The van der Waals surface area contributed by atoms with Crippen LogP contribution in [0.2, 0.25) is 0 Å². The summed E-state index contributed by atoms with van der Waals surface area (Å²) in [5.74, 6) is 4.24. The van der Waals surface area contributed by atoms with E-state index < -0.39 is 0 Å². The van der Waals surface area contributed by atoms with Crippen molar-refractivity contribution in [3.63, 3.8) is 0 Å². The van der Waals surface area contributed by atoms with Gasteiger partial charge in [0.25, 0.3) is 0 Å². The molecule has 0 amide bonds. The van der Waals surface area contributed by atoms with E-state index in [4.69, 9.17) is 0 Å². The van der Waals surface area contributed by atoms with Crippen LogP contribution in [-0.2, 0) is 0 Å². The predicted octanol–water partition coefficient (Wildman–Crippen LogP) is 5.54. The van der Waals surface area contributed by atoms with Crippen LogP contribution >= 0.6 is 0 Å². The molecule has 1 heteroatoms. The zero-order valence-electron chi connectivity index (χ0n) is 14.5. The summed E-state index contributed by atoms with van der Waals surface area (Å²) in [5.41, 5.74) is 0.552. The Bertz CT molecular complexity index is 294. The highest BCUT2D eigenvalue weighted by molar-refractivity contribution is 5.10. The summed E-state index contributed by atoms with van der Waals surface area (Å²) in [4.78, 5) is 0. The molecule has 122 valence electrons. The van der Waals surface area contributed by atoms with Gasteiger partial charge in [-0.2, -0.15) is 0 Å². The van der Waals surface area contributed by atoms with Crippen LogP contribution in [0.25, 0.3) is 0 Å². The first-order valence-electron chi connectivity index (χ1n) is 10.0. The van der Waals surface area contributed by atoms with Gasteiger partial charge in [0.05, 0.1) is 0 Å². The van der Waals surface area contributed by atoms with Gasteiger partial charge in [-0.15, -0.1) is 0 Å². The van der Waals surface area contributed by atoms with Crippen LogP contribution in [0.1, 0.15) is 90.9 Å².